The van der Waals surface area contributed by atoms with Gasteiger partial charge in [-0.2, -0.15) is 0 Å². The van der Waals surface area contributed by atoms with Gasteiger partial charge in [-0.1, -0.05) is 91.7 Å². The summed E-state index contributed by atoms with van der Waals surface area (Å²) in [7, 11) is 0. The van der Waals surface area contributed by atoms with Crippen LogP contribution in [0.5, 0.6) is 5.75 Å². The van der Waals surface area contributed by atoms with Gasteiger partial charge in [-0.05, 0) is 137 Å². The maximum atomic E-state index is 15.0. The van der Waals surface area contributed by atoms with Gasteiger partial charge in [-0.3, -0.25) is 38.4 Å². The number of benzene rings is 4. The number of carbonyl (C=O) groups is 8. The lowest BCUT2D eigenvalue weighted by atomic mass is 9.76. The van der Waals surface area contributed by atoms with E-state index in [1.807, 2.05) is 69.3 Å². The van der Waals surface area contributed by atoms with Crippen molar-refractivity contribution in [2.45, 2.75) is 155 Å². The molecule has 4 rings (SSSR count). The Morgan fingerprint density at radius 1 is 0.720 bits per heavy atom. The van der Waals surface area contributed by atoms with Gasteiger partial charge in [0.2, 0.25) is 23.6 Å². The van der Waals surface area contributed by atoms with Gasteiger partial charge in [0.05, 0.1) is 55.3 Å². The first kappa shape index (κ1) is 67.3. The van der Waals surface area contributed by atoms with Crippen molar-refractivity contribution in [3.05, 3.63) is 124 Å². The maximum absolute atomic E-state index is 15.0. The minimum absolute atomic E-state index is 0.0287. The van der Waals surface area contributed by atoms with Crippen LogP contribution in [0.4, 0.5) is 4.39 Å². The Bertz CT molecular complexity index is 2820. The van der Waals surface area contributed by atoms with Crippen LogP contribution in [0, 0.1) is 36.9 Å². The Labute approximate surface area is 479 Å². The topological polar surface area (TPSA) is 341 Å². The third-order valence-electron chi connectivity index (χ3n) is 14.6. The molecule has 20 heteroatoms. The van der Waals surface area contributed by atoms with Gasteiger partial charge in [0.25, 0.3) is 0 Å². The van der Waals surface area contributed by atoms with Crippen LogP contribution in [0.3, 0.4) is 0 Å². The Morgan fingerprint density at radius 2 is 1.35 bits per heavy atom. The van der Waals surface area contributed by atoms with Crippen LogP contribution in [-0.4, -0.2) is 124 Å². The second-order valence-electron chi connectivity index (χ2n) is 21.8. The molecule has 0 fully saturated rings. The number of primary amides is 1. The predicted octanol–water partition coefficient (Wildman–Crippen LogP) is 4.21. The van der Waals surface area contributed by atoms with E-state index >= 15 is 0 Å². The zero-order chi connectivity index (χ0) is 60.8. The Morgan fingerprint density at radius 3 is 1.94 bits per heavy atom. The molecule has 0 saturated heterocycles. The number of hydrogen-bond donors (Lipinski definition) is 10. The number of carboxylic acids is 1. The highest BCUT2D eigenvalue weighted by Crippen LogP contribution is 2.32. The van der Waals surface area contributed by atoms with Gasteiger partial charge in [0, 0.05) is 25.2 Å². The fraction of sp³-hybridized carbons (Fsp3) is 0.484. The molecule has 0 aliphatic rings. The minimum atomic E-state index is -1.82. The number of carboxylic acid groups (broad SMARTS) is 1. The van der Waals surface area contributed by atoms with Crippen molar-refractivity contribution in [2.24, 2.45) is 34.5 Å². The molecule has 0 heterocycles. The van der Waals surface area contributed by atoms with Crippen molar-refractivity contribution < 1.29 is 67.9 Å². The summed E-state index contributed by atoms with van der Waals surface area (Å²) in [6, 6.07) is 18.5. The second-order valence-corrected chi connectivity index (χ2v) is 21.8. The minimum Gasteiger partial charge on any atom is -0.494 e. The van der Waals surface area contributed by atoms with E-state index in [1.54, 1.807) is 12.1 Å². The Hall–Kier alpha value is -7.23. The van der Waals surface area contributed by atoms with Crippen molar-refractivity contribution in [2.75, 3.05) is 19.8 Å². The largest absolute Gasteiger partial charge is 0.494 e. The van der Waals surface area contributed by atoms with Crippen molar-refractivity contribution in [3.8, 4) is 16.9 Å². The molecule has 0 aliphatic heterocycles. The summed E-state index contributed by atoms with van der Waals surface area (Å²) in [5.41, 5.74) is 22.1. The highest BCUT2D eigenvalue weighted by Gasteiger charge is 2.42. The van der Waals surface area contributed by atoms with Gasteiger partial charge in [0.15, 0.2) is 17.3 Å². The predicted molar refractivity (Wildman–Crippen MR) is 307 cm³/mol. The normalized spacial score (nSPS) is 15.0. The highest BCUT2D eigenvalue weighted by atomic mass is 19.1. The molecule has 82 heavy (non-hydrogen) atoms. The molecule has 0 saturated carbocycles. The van der Waals surface area contributed by atoms with E-state index in [0.29, 0.717) is 38.0 Å². The number of unbranched alkanes of at least 4 members (excludes halogenated alkanes) is 1. The van der Waals surface area contributed by atoms with Crippen LogP contribution in [0.1, 0.15) is 112 Å². The summed E-state index contributed by atoms with van der Waals surface area (Å²) in [4.78, 5) is 109. The summed E-state index contributed by atoms with van der Waals surface area (Å²) < 4.78 is 20.9. The van der Waals surface area contributed by atoms with Crippen molar-refractivity contribution in [1.82, 2.24) is 16.0 Å². The molecular formula is C62H83FN6O13. The van der Waals surface area contributed by atoms with Crippen molar-refractivity contribution >= 4 is 46.9 Å². The van der Waals surface area contributed by atoms with Crippen LogP contribution in [-0.2, 0) is 64.0 Å². The number of nitrogens with one attached hydrogen (secondary N) is 3. The fourth-order valence-electron chi connectivity index (χ4n) is 9.88. The number of halogens is 1. The molecule has 19 nitrogen and oxygen atoms in total. The number of ether oxygens (including phenoxy) is 1. The number of nitrogens with two attached hydrogens (primary N) is 3. The van der Waals surface area contributed by atoms with E-state index in [1.165, 1.54) is 32.0 Å². The number of aryl methyl sites for hydroxylation is 4. The summed E-state index contributed by atoms with van der Waals surface area (Å²) >= 11 is 0. The number of hydrogen-bond acceptors (Lipinski definition) is 14. The van der Waals surface area contributed by atoms with E-state index in [-0.39, 0.29) is 24.8 Å². The van der Waals surface area contributed by atoms with Crippen LogP contribution in [0.15, 0.2) is 84.9 Å². The Kier molecular flexibility index (Phi) is 26.6. The first-order chi connectivity index (χ1) is 38.8. The lowest BCUT2D eigenvalue weighted by Crippen LogP contribution is -2.55. The van der Waals surface area contributed by atoms with E-state index in [9.17, 15) is 63.2 Å². The van der Waals surface area contributed by atoms with Crippen molar-refractivity contribution in [3.63, 3.8) is 0 Å². The molecule has 446 valence electrons. The zero-order valence-corrected chi connectivity index (χ0v) is 47.9. The molecule has 0 bridgehead atoms. The number of aliphatic carboxylic acids is 1. The van der Waals surface area contributed by atoms with Gasteiger partial charge < -0.3 is 58.3 Å². The van der Waals surface area contributed by atoms with Crippen molar-refractivity contribution in [1.29, 1.82) is 0 Å². The number of amides is 4. The summed E-state index contributed by atoms with van der Waals surface area (Å²) in [5.74, 6) is -10.8. The van der Waals surface area contributed by atoms with Crippen LogP contribution in [0.25, 0.3) is 11.1 Å². The standard InChI is InChI=1S/C62H83FN6O13/c1-7-42-29-47(82-24-11-10-23-64)21-22-48(42)43-19-17-40(18-20-43)28-45(59(79)67-50(58(66)78)16-12-13-41-26-36(2)25-37(3)27-41)30-52(73)51(32-55(76)77)68-60(80)46(35-70)31-53(74)57(39(5)72)69-61(81)62(6,34-54(75)56(65)38(4)71)33-44-14-8-9-15-49(44)63/h8-9,14-15,17-22,25-27,29,38-39,45-46,50-51,56-57,70-72H,7,10-13,16,23-24,28,30-35,64-65H2,1-6H3,(H2,66,78)(H,67,79)(H,68,80)(H,69,81)(H,76,77)/t38-,39-,45-,46+,50+,51+,56+,57+,62-/m1/s1. The van der Waals surface area contributed by atoms with Crippen LogP contribution < -0.4 is 37.9 Å². The number of Topliss-reactive ketones (excluding diaryl/α,β-unsaturated/α-hetero) is 3. The lowest BCUT2D eigenvalue weighted by Gasteiger charge is -2.32. The average molecular weight is 1140 g/mol. The number of ketones is 3. The van der Waals surface area contributed by atoms with E-state index in [0.717, 1.165) is 65.0 Å². The molecule has 4 aromatic rings. The first-order valence-electron chi connectivity index (χ1n) is 27.9. The summed E-state index contributed by atoms with van der Waals surface area (Å²) in [6.45, 7) is 9.78. The molecule has 0 spiro atoms. The Balaban J connectivity index is 1.59. The van der Waals surface area contributed by atoms with Gasteiger partial charge in [-0.15, -0.1) is 0 Å². The maximum Gasteiger partial charge on any atom is 0.305 e. The zero-order valence-electron chi connectivity index (χ0n) is 47.9. The molecule has 0 aromatic heterocycles. The third-order valence-corrected chi connectivity index (χ3v) is 14.6. The fourth-order valence-corrected chi connectivity index (χ4v) is 9.88. The molecule has 0 aliphatic carbocycles. The molecule has 4 amide bonds. The SMILES string of the molecule is CCc1cc(OCCCCN)ccc1-c1ccc(C[C@H](CC(=O)[C@H](CC(=O)O)NC(=O)[C@H](CO)CC(=O)[C@@H](NC(=O)[C@@](C)(CC(=O)[C@@H](N)[C@@H](C)O)Cc2ccccc2F)[C@@H](C)O)C(=O)N[C@@H](CCCc2cc(C)cc(C)c2)C(N)=O)cc1. The van der Waals surface area contributed by atoms with Crippen LogP contribution in [0.2, 0.25) is 0 Å². The number of aliphatic hydroxyl groups is 3. The summed E-state index contributed by atoms with van der Waals surface area (Å²) in [6.07, 6.45) is -3.00. The summed E-state index contributed by atoms with van der Waals surface area (Å²) in [5, 5.41) is 48.8. The van der Waals surface area contributed by atoms with E-state index in [4.69, 9.17) is 21.9 Å². The molecule has 0 radical (unpaired) electrons. The number of aliphatic hydroxyl groups excluding tert-OH is 3. The quantitative estimate of drug-likeness (QED) is 0.0285. The van der Waals surface area contributed by atoms with E-state index < -0.39 is 139 Å². The first-order valence-corrected chi connectivity index (χ1v) is 27.9. The van der Waals surface area contributed by atoms with Gasteiger partial charge in [0.1, 0.15) is 23.7 Å². The third kappa shape index (κ3) is 20.6. The number of rotatable bonds is 36. The molecule has 0 unspecified atom stereocenters. The van der Waals surface area contributed by atoms with Gasteiger partial charge in [-0.25, -0.2) is 4.39 Å². The smallest absolute Gasteiger partial charge is 0.305 e. The monoisotopic (exact) mass is 1140 g/mol. The van der Waals surface area contributed by atoms with E-state index in [2.05, 4.69) is 16.0 Å². The molecular weight excluding hydrogens is 1060 g/mol. The highest BCUT2D eigenvalue weighted by molar-refractivity contribution is 5.99. The number of carbonyl (C=O) groups excluding carboxylic acids is 7. The molecule has 13 N–H and O–H groups in total. The second kappa shape index (κ2) is 32.4. The van der Waals surface area contributed by atoms with Crippen LogP contribution >= 0.6 is 0 Å². The van der Waals surface area contributed by atoms with Gasteiger partial charge >= 0.3 is 5.97 Å². The molecule has 9 atom stereocenters. The molecule has 4 aromatic carbocycles. The lowest BCUT2D eigenvalue weighted by molar-refractivity contribution is -0.142. The average Bonchev–Trinajstić information content (AvgIpc) is 3.41.